The molecule has 0 spiro atoms. The summed E-state index contributed by atoms with van der Waals surface area (Å²) >= 11 is 3.44. The second kappa shape index (κ2) is 3.85. The van der Waals surface area contributed by atoms with Gasteiger partial charge in [-0.2, -0.15) is 0 Å². The third-order valence-corrected chi connectivity index (χ3v) is 3.27. The molecule has 1 aromatic rings. The Morgan fingerprint density at radius 1 is 1.53 bits per heavy atom. The molecule has 1 heterocycles. The number of hydrogen-bond donors (Lipinski definition) is 1. The van der Waals surface area contributed by atoms with Gasteiger partial charge in [0.2, 0.25) is 0 Å². The first-order chi connectivity index (χ1) is 7.08. The molecule has 4 heteroatoms. The van der Waals surface area contributed by atoms with E-state index in [1.54, 1.807) is 18.2 Å². The number of hydrogen-bond acceptors (Lipinski definition) is 2. The Hall–Kier alpha value is -1.03. The number of aromatic carboxylic acids is 1. The van der Waals surface area contributed by atoms with Crippen LogP contribution in [0, 0.1) is 5.92 Å². The first-order valence-corrected chi connectivity index (χ1v) is 5.65. The van der Waals surface area contributed by atoms with Gasteiger partial charge in [0.1, 0.15) is 0 Å². The van der Waals surface area contributed by atoms with Gasteiger partial charge in [0, 0.05) is 17.6 Å². The van der Waals surface area contributed by atoms with Crippen molar-refractivity contribution in [2.24, 2.45) is 5.92 Å². The minimum absolute atomic E-state index is 0.341. The normalized spacial score (nSPS) is 16.3. The van der Waals surface area contributed by atoms with Crippen LogP contribution in [0.3, 0.4) is 0 Å². The molecule has 2 rings (SSSR count). The molecule has 1 saturated heterocycles. The number of carboxylic acid groups (broad SMARTS) is 1. The van der Waals surface area contributed by atoms with E-state index in [9.17, 15) is 4.79 Å². The second-order valence-electron chi connectivity index (χ2n) is 3.98. The number of halogens is 1. The van der Waals surface area contributed by atoms with Crippen LogP contribution < -0.4 is 4.90 Å². The lowest BCUT2D eigenvalue weighted by atomic mass is 10.0. The first kappa shape index (κ1) is 10.5. The molecular formula is C11H12BrNO2. The molecule has 15 heavy (non-hydrogen) atoms. The Balaban J connectivity index is 2.29. The van der Waals surface area contributed by atoms with Crippen molar-refractivity contribution >= 4 is 27.6 Å². The molecule has 0 aromatic heterocycles. The minimum atomic E-state index is -0.877. The van der Waals surface area contributed by atoms with Gasteiger partial charge in [-0.25, -0.2) is 4.79 Å². The highest BCUT2D eigenvalue weighted by Crippen LogP contribution is 2.32. The lowest BCUT2D eigenvalue weighted by Gasteiger charge is -2.39. The first-order valence-electron chi connectivity index (χ1n) is 4.85. The smallest absolute Gasteiger partial charge is 0.335 e. The number of benzene rings is 1. The van der Waals surface area contributed by atoms with Crippen LogP contribution in [0.4, 0.5) is 5.69 Å². The van der Waals surface area contributed by atoms with Gasteiger partial charge in [-0.05, 0) is 40.0 Å². The van der Waals surface area contributed by atoms with E-state index in [-0.39, 0.29) is 0 Å². The monoisotopic (exact) mass is 269 g/mol. The highest BCUT2D eigenvalue weighted by atomic mass is 79.9. The third-order valence-electron chi connectivity index (χ3n) is 2.60. The standard InChI is InChI=1S/C11H12BrNO2/c1-7-5-13(6-7)10-4-8(11(14)15)2-3-9(10)12/h2-4,7H,5-6H2,1H3,(H,14,15). The molecule has 1 fully saturated rings. The van der Waals surface area contributed by atoms with Gasteiger partial charge in [0.05, 0.1) is 11.3 Å². The molecule has 0 unspecified atom stereocenters. The summed E-state index contributed by atoms with van der Waals surface area (Å²) in [5, 5.41) is 8.89. The average molecular weight is 270 g/mol. The predicted molar refractivity (Wildman–Crippen MR) is 62.5 cm³/mol. The van der Waals surface area contributed by atoms with Crippen LogP contribution in [-0.2, 0) is 0 Å². The van der Waals surface area contributed by atoms with Gasteiger partial charge in [-0.3, -0.25) is 0 Å². The molecule has 1 aromatic carbocycles. The SMILES string of the molecule is CC1CN(c2cc(C(=O)O)ccc2Br)C1. The Bertz CT molecular complexity index is 400. The van der Waals surface area contributed by atoms with Gasteiger partial charge < -0.3 is 10.0 Å². The maximum atomic E-state index is 10.8. The van der Waals surface area contributed by atoms with E-state index in [1.807, 2.05) is 0 Å². The van der Waals surface area contributed by atoms with Gasteiger partial charge in [-0.1, -0.05) is 6.92 Å². The van der Waals surface area contributed by atoms with Gasteiger partial charge in [0.15, 0.2) is 0 Å². The summed E-state index contributed by atoms with van der Waals surface area (Å²) in [6, 6.07) is 5.12. The van der Waals surface area contributed by atoms with Gasteiger partial charge >= 0.3 is 5.97 Å². The van der Waals surface area contributed by atoms with E-state index in [1.165, 1.54) is 0 Å². The molecule has 0 aliphatic carbocycles. The van der Waals surface area contributed by atoms with Crippen molar-refractivity contribution in [1.82, 2.24) is 0 Å². The minimum Gasteiger partial charge on any atom is -0.478 e. The molecule has 3 nitrogen and oxygen atoms in total. The highest BCUT2D eigenvalue weighted by molar-refractivity contribution is 9.10. The number of carboxylic acids is 1. The molecule has 1 N–H and O–H groups in total. The zero-order valence-corrected chi connectivity index (χ0v) is 9.99. The average Bonchev–Trinajstić information content (AvgIpc) is 2.14. The van der Waals surface area contributed by atoms with E-state index in [0.717, 1.165) is 23.2 Å². The molecule has 0 atom stereocenters. The van der Waals surface area contributed by atoms with Crippen LogP contribution >= 0.6 is 15.9 Å². The number of anilines is 1. The molecule has 0 radical (unpaired) electrons. The van der Waals surface area contributed by atoms with Crippen LogP contribution in [0.1, 0.15) is 17.3 Å². The Kier molecular flexibility index (Phi) is 2.69. The Morgan fingerprint density at radius 2 is 2.20 bits per heavy atom. The quantitative estimate of drug-likeness (QED) is 0.898. The van der Waals surface area contributed by atoms with E-state index >= 15 is 0 Å². The van der Waals surface area contributed by atoms with E-state index in [2.05, 4.69) is 27.8 Å². The summed E-state index contributed by atoms with van der Waals surface area (Å²) in [6.07, 6.45) is 0. The summed E-state index contributed by atoms with van der Waals surface area (Å²) in [6.45, 7) is 4.19. The maximum absolute atomic E-state index is 10.8. The maximum Gasteiger partial charge on any atom is 0.335 e. The molecular weight excluding hydrogens is 258 g/mol. The van der Waals surface area contributed by atoms with Crippen molar-refractivity contribution in [2.75, 3.05) is 18.0 Å². The van der Waals surface area contributed by atoms with Gasteiger partial charge in [-0.15, -0.1) is 0 Å². The van der Waals surface area contributed by atoms with Gasteiger partial charge in [0.25, 0.3) is 0 Å². The summed E-state index contributed by atoms with van der Waals surface area (Å²) in [5.41, 5.74) is 1.32. The highest BCUT2D eigenvalue weighted by Gasteiger charge is 2.24. The zero-order chi connectivity index (χ0) is 11.0. The van der Waals surface area contributed by atoms with Crippen molar-refractivity contribution in [3.05, 3.63) is 28.2 Å². The van der Waals surface area contributed by atoms with Crippen molar-refractivity contribution in [3.63, 3.8) is 0 Å². The van der Waals surface area contributed by atoms with Crippen molar-refractivity contribution in [2.45, 2.75) is 6.92 Å². The lowest BCUT2D eigenvalue weighted by molar-refractivity contribution is 0.0697. The fraction of sp³-hybridized carbons (Fsp3) is 0.364. The lowest BCUT2D eigenvalue weighted by Crippen LogP contribution is -2.45. The fourth-order valence-corrected chi connectivity index (χ4v) is 2.28. The Labute approximate surface area is 96.8 Å². The summed E-state index contributed by atoms with van der Waals surface area (Å²) in [5.74, 6) is -0.178. The second-order valence-corrected chi connectivity index (χ2v) is 4.84. The Morgan fingerprint density at radius 3 is 2.73 bits per heavy atom. The van der Waals surface area contributed by atoms with Crippen molar-refractivity contribution in [1.29, 1.82) is 0 Å². The summed E-state index contributed by atoms with van der Waals surface area (Å²) < 4.78 is 0.958. The van der Waals surface area contributed by atoms with Crippen molar-refractivity contribution in [3.8, 4) is 0 Å². The summed E-state index contributed by atoms with van der Waals surface area (Å²) in [7, 11) is 0. The fourth-order valence-electron chi connectivity index (χ4n) is 1.78. The van der Waals surface area contributed by atoms with Crippen LogP contribution in [0.5, 0.6) is 0 Å². The van der Waals surface area contributed by atoms with E-state index < -0.39 is 5.97 Å². The molecule has 1 aliphatic heterocycles. The predicted octanol–water partition coefficient (Wildman–Crippen LogP) is 2.60. The largest absolute Gasteiger partial charge is 0.478 e. The van der Waals surface area contributed by atoms with E-state index in [4.69, 9.17) is 5.11 Å². The van der Waals surface area contributed by atoms with Crippen molar-refractivity contribution < 1.29 is 9.90 Å². The van der Waals surface area contributed by atoms with Crippen LogP contribution in [0.25, 0.3) is 0 Å². The van der Waals surface area contributed by atoms with E-state index in [0.29, 0.717) is 11.5 Å². The molecule has 0 saturated carbocycles. The van der Waals surface area contributed by atoms with Crippen LogP contribution in [0.2, 0.25) is 0 Å². The zero-order valence-electron chi connectivity index (χ0n) is 8.40. The van der Waals surface area contributed by atoms with Crippen LogP contribution in [0.15, 0.2) is 22.7 Å². The molecule has 0 amide bonds. The number of carbonyl (C=O) groups is 1. The molecule has 80 valence electrons. The third kappa shape index (κ3) is 2.00. The topological polar surface area (TPSA) is 40.5 Å². The number of nitrogens with zero attached hydrogens (tertiary/aromatic N) is 1. The summed E-state index contributed by atoms with van der Waals surface area (Å²) in [4.78, 5) is 13.0. The van der Waals surface area contributed by atoms with Crippen LogP contribution in [-0.4, -0.2) is 24.2 Å². The molecule has 0 bridgehead atoms. The molecule has 1 aliphatic rings. The number of rotatable bonds is 2.